The molecule has 118 valence electrons. The standard InChI is InChI=1S/C16H27N3O2/c1-12-15(11-17-7-9-20-3)13(2)19-16(18-12)10-14-6-4-5-8-21-14/h14,17H,4-11H2,1-3H3. The highest BCUT2D eigenvalue weighted by atomic mass is 16.5. The van der Waals surface area contributed by atoms with Crippen molar-refractivity contribution >= 4 is 0 Å². The van der Waals surface area contributed by atoms with E-state index in [1.807, 2.05) is 0 Å². The summed E-state index contributed by atoms with van der Waals surface area (Å²) in [5.74, 6) is 0.914. The lowest BCUT2D eigenvalue weighted by atomic mass is 10.1. The van der Waals surface area contributed by atoms with Gasteiger partial charge < -0.3 is 14.8 Å². The number of methoxy groups -OCH3 is 1. The maximum absolute atomic E-state index is 5.78. The van der Waals surface area contributed by atoms with Gasteiger partial charge in [-0.25, -0.2) is 9.97 Å². The van der Waals surface area contributed by atoms with Gasteiger partial charge in [0.25, 0.3) is 0 Å². The van der Waals surface area contributed by atoms with Gasteiger partial charge >= 0.3 is 0 Å². The molecule has 1 fully saturated rings. The number of rotatable bonds is 7. The van der Waals surface area contributed by atoms with Crippen molar-refractivity contribution in [3.63, 3.8) is 0 Å². The summed E-state index contributed by atoms with van der Waals surface area (Å²) in [7, 11) is 1.71. The first-order valence-electron chi connectivity index (χ1n) is 7.85. The van der Waals surface area contributed by atoms with E-state index >= 15 is 0 Å². The molecule has 2 heterocycles. The summed E-state index contributed by atoms with van der Waals surface area (Å²) >= 11 is 0. The van der Waals surface area contributed by atoms with Crippen LogP contribution in [0.4, 0.5) is 0 Å². The first-order valence-corrected chi connectivity index (χ1v) is 7.85. The van der Waals surface area contributed by atoms with Crippen molar-refractivity contribution in [2.75, 3.05) is 26.9 Å². The number of aromatic nitrogens is 2. The Bertz CT molecular complexity index is 422. The van der Waals surface area contributed by atoms with Gasteiger partial charge in [0.2, 0.25) is 0 Å². The minimum atomic E-state index is 0.295. The third kappa shape index (κ3) is 5.02. The first-order chi connectivity index (χ1) is 10.2. The monoisotopic (exact) mass is 293 g/mol. The van der Waals surface area contributed by atoms with Crippen LogP contribution in [0.2, 0.25) is 0 Å². The molecule has 0 spiro atoms. The van der Waals surface area contributed by atoms with E-state index in [2.05, 4.69) is 29.1 Å². The fourth-order valence-electron chi connectivity index (χ4n) is 2.72. The number of nitrogens with one attached hydrogen (secondary N) is 1. The molecule has 0 radical (unpaired) electrons. The number of aryl methyl sites for hydroxylation is 2. The van der Waals surface area contributed by atoms with E-state index in [9.17, 15) is 0 Å². The zero-order chi connectivity index (χ0) is 15.1. The summed E-state index contributed by atoms with van der Waals surface area (Å²) in [4.78, 5) is 9.33. The van der Waals surface area contributed by atoms with Crippen LogP contribution in [0.25, 0.3) is 0 Å². The van der Waals surface area contributed by atoms with Gasteiger partial charge in [-0.3, -0.25) is 0 Å². The van der Waals surface area contributed by atoms with Crippen molar-refractivity contribution < 1.29 is 9.47 Å². The number of nitrogens with zero attached hydrogens (tertiary/aromatic N) is 2. The van der Waals surface area contributed by atoms with Crippen LogP contribution in [-0.4, -0.2) is 42.9 Å². The Kier molecular flexibility index (Phi) is 6.54. The number of ether oxygens (including phenoxy) is 2. The third-order valence-corrected chi connectivity index (χ3v) is 3.94. The van der Waals surface area contributed by atoms with Gasteiger partial charge in [-0.1, -0.05) is 0 Å². The molecule has 1 unspecified atom stereocenters. The van der Waals surface area contributed by atoms with Crippen LogP contribution in [0.3, 0.4) is 0 Å². The van der Waals surface area contributed by atoms with Crippen molar-refractivity contribution in [1.82, 2.24) is 15.3 Å². The highest BCUT2D eigenvalue weighted by Crippen LogP contribution is 2.17. The molecule has 1 N–H and O–H groups in total. The van der Waals surface area contributed by atoms with Crippen LogP contribution < -0.4 is 5.32 Å². The van der Waals surface area contributed by atoms with Crippen LogP contribution in [0, 0.1) is 13.8 Å². The average Bonchev–Trinajstić information content (AvgIpc) is 2.47. The third-order valence-electron chi connectivity index (χ3n) is 3.94. The quantitative estimate of drug-likeness (QED) is 0.779. The van der Waals surface area contributed by atoms with Crippen LogP contribution in [0.5, 0.6) is 0 Å². The van der Waals surface area contributed by atoms with E-state index < -0.39 is 0 Å². The molecule has 5 heteroatoms. The number of hydrogen-bond donors (Lipinski definition) is 1. The van der Waals surface area contributed by atoms with Crippen molar-refractivity contribution in [1.29, 1.82) is 0 Å². The predicted octanol–water partition coefficient (Wildman–Crippen LogP) is 1.94. The maximum Gasteiger partial charge on any atom is 0.131 e. The number of hydrogen-bond acceptors (Lipinski definition) is 5. The molecule has 1 atom stereocenters. The molecular weight excluding hydrogens is 266 g/mol. The van der Waals surface area contributed by atoms with E-state index in [-0.39, 0.29) is 0 Å². The Morgan fingerprint density at radius 3 is 2.62 bits per heavy atom. The molecule has 0 amide bonds. The maximum atomic E-state index is 5.78. The molecule has 2 rings (SSSR count). The zero-order valence-electron chi connectivity index (χ0n) is 13.4. The van der Waals surface area contributed by atoms with Gasteiger partial charge in [-0.15, -0.1) is 0 Å². The second-order valence-corrected chi connectivity index (χ2v) is 5.65. The highest BCUT2D eigenvalue weighted by Gasteiger charge is 2.17. The summed E-state index contributed by atoms with van der Waals surface area (Å²) in [6.45, 7) is 7.36. The van der Waals surface area contributed by atoms with Gasteiger partial charge in [0.1, 0.15) is 5.82 Å². The molecule has 1 aliphatic heterocycles. The van der Waals surface area contributed by atoms with E-state index in [0.717, 1.165) is 56.4 Å². The minimum Gasteiger partial charge on any atom is -0.383 e. The van der Waals surface area contributed by atoms with E-state index in [4.69, 9.17) is 9.47 Å². The van der Waals surface area contributed by atoms with Crippen LogP contribution in [0.15, 0.2) is 0 Å². The molecule has 0 bridgehead atoms. The SMILES string of the molecule is COCCNCc1c(C)nc(CC2CCCCO2)nc1C. The van der Waals surface area contributed by atoms with E-state index in [1.165, 1.54) is 18.4 Å². The van der Waals surface area contributed by atoms with Gasteiger partial charge in [-0.2, -0.15) is 0 Å². The summed E-state index contributed by atoms with van der Waals surface area (Å²) in [5, 5.41) is 3.36. The van der Waals surface area contributed by atoms with Crippen molar-refractivity contribution in [3.8, 4) is 0 Å². The normalized spacial score (nSPS) is 18.9. The van der Waals surface area contributed by atoms with Crippen molar-refractivity contribution in [3.05, 3.63) is 22.8 Å². The first kappa shape index (κ1) is 16.3. The van der Waals surface area contributed by atoms with E-state index in [0.29, 0.717) is 6.10 Å². The molecule has 1 aliphatic rings. The topological polar surface area (TPSA) is 56.3 Å². The average molecular weight is 293 g/mol. The lowest BCUT2D eigenvalue weighted by Crippen LogP contribution is -2.24. The Morgan fingerprint density at radius 1 is 1.24 bits per heavy atom. The molecule has 5 nitrogen and oxygen atoms in total. The molecule has 0 aromatic carbocycles. The largest absolute Gasteiger partial charge is 0.383 e. The lowest BCUT2D eigenvalue weighted by Gasteiger charge is -2.22. The molecule has 1 aromatic rings. The zero-order valence-corrected chi connectivity index (χ0v) is 13.4. The summed E-state index contributed by atoms with van der Waals surface area (Å²) in [6.07, 6.45) is 4.69. The smallest absolute Gasteiger partial charge is 0.131 e. The molecular formula is C16H27N3O2. The Morgan fingerprint density at radius 2 is 2.00 bits per heavy atom. The predicted molar refractivity (Wildman–Crippen MR) is 82.4 cm³/mol. The molecule has 1 aromatic heterocycles. The molecule has 1 saturated heterocycles. The molecule has 0 saturated carbocycles. The minimum absolute atomic E-state index is 0.295. The summed E-state index contributed by atoms with van der Waals surface area (Å²) in [6, 6.07) is 0. The fraction of sp³-hybridized carbons (Fsp3) is 0.750. The van der Waals surface area contributed by atoms with Crippen molar-refractivity contribution in [2.45, 2.75) is 52.2 Å². The summed E-state index contributed by atoms with van der Waals surface area (Å²) in [5.41, 5.74) is 3.33. The van der Waals surface area contributed by atoms with Gasteiger partial charge in [0.05, 0.1) is 12.7 Å². The van der Waals surface area contributed by atoms with Gasteiger partial charge in [-0.05, 0) is 33.1 Å². The van der Waals surface area contributed by atoms with Gasteiger partial charge in [0.15, 0.2) is 0 Å². The lowest BCUT2D eigenvalue weighted by molar-refractivity contribution is 0.0156. The second-order valence-electron chi connectivity index (χ2n) is 5.65. The van der Waals surface area contributed by atoms with Crippen molar-refractivity contribution in [2.24, 2.45) is 0 Å². The summed E-state index contributed by atoms with van der Waals surface area (Å²) < 4.78 is 10.8. The van der Waals surface area contributed by atoms with Crippen LogP contribution in [-0.2, 0) is 22.4 Å². The molecule has 0 aliphatic carbocycles. The van der Waals surface area contributed by atoms with E-state index in [1.54, 1.807) is 7.11 Å². The second kappa shape index (κ2) is 8.41. The molecule has 21 heavy (non-hydrogen) atoms. The fourth-order valence-corrected chi connectivity index (χ4v) is 2.72. The Hall–Kier alpha value is -1.04. The Labute approximate surface area is 127 Å². The Balaban J connectivity index is 1.95. The van der Waals surface area contributed by atoms with Gasteiger partial charge in [0, 0.05) is 50.2 Å². The van der Waals surface area contributed by atoms with Crippen LogP contribution >= 0.6 is 0 Å². The highest BCUT2D eigenvalue weighted by molar-refractivity contribution is 5.24. The van der Waals surface area contributed by atoms with Crippen LogP contribution in [0.1, 0.15) is 42.0 Å².